The molecular formula is C21H23FN2O2. The minimum Gasteiger partial charge on any atom is -0.386 e. The van der Waals surface area contributed by atoms with Gasteiger partial charge in [0.05, 0.1) is 18.6 Å². The van der Waals surface area contributed by atoms with Crippen LogP contribution in [0.3, 0.4) is 0 Å². The molecule has 1 aromatic heterocycles. The van der Waals surface area contributed by atoms with Crippen LogP contribution in [0.1, 0.15) is 31.1 Å². The van der Waals surface area contributed by atoms with Crippen LogP contribution in [0.15, 0.2) is 54.7 Å². The minimum atomic E-state index is -0.966. The SMILES string of the molecule is CCn1cc(CC(=O)N[C@H](C)[C@H](O)c2cccc(F)c2)c2ccccc21. The molecule has 2 aromatic carbocycles. The molecule has 2 N–H and O–H groups in total. The number of aliphatic hydroxyl groups excluding tert-OH is 1. The van der Waals surface area contributed by atoms with E-state index in [2.05, 4.69) is 16.8 Å². The summed E-state index contributed by atoms with van der Waals surface area (Å²) in [7, 11) is 0. The zero-order valence-electron chi connectivity index (χ0n) is 14.9. The smallest absolute Gasteiger partial charge is 0.224 e. The molecule has 136 valence electrons. The van der Waals surface area contributed by atoms with Gasteiger partial charge >= 0.3 is 0 Å². The van der Waals surface area contributed by atoms with Gasteiger partial charge < -0.3 is 15.0 Å². The van der Waals surface area contributed by atoms with Crippen LogP contribution in [0.25, 0.3) is 10.9 Å². The maximum atomic E-state index is 13.3. The van der Waals surface area contributed by atoms with Gasteiger partial charge in [-0.1, -0.05) is 30.3 Å². The van der Waals surface area contributed by atoms with E-state index in [9.17, 15) is 14.3 Å². The van der Waals surface area contributed by atoms with E-state index in [1.54, 1.807) is 19.1 Å². The van der Waals surface area contributed by atoms with Crippen molar-refractivity contribution in [3.8, 4) is 0 Å². The van der Waals surface area contributed by atoms with Gasteiger partial charge in [-0.2, -0.15) is 0 Å². The number of rotatable bonds is 6. The van der Waals surface area contributed by atoms with Gasteiger partial charge in [0.25, 0.3) is 0 Å². The molecule has 0 saturated carbocycles. The van der Waals surface area contributed by atoms with Crippen LogP contribution in [0.4, 0.5) is 4.39 Å². The first-order valence-corrected chi connectivity index (χ1v) is 8.79. The number of nitrogens with zero attached hydrogens (tertiary/aromatic N) is 1. The maximum absolute atomic E-state index is 13.3. The Balaban J connectivity index is 1.71. The Kier molecular flexibility index (Phi) is 5.38. The molecule has 0 radical (unpaired) electrons. The van der Waals surface area contributed by atoms with Crippen molar-refractivity contribution < 1.29 is 14.3 Å². The lowest BCUT2D eigenvalue weighted by Crippen LogP contribution is -2.37. The van der Waals surface area contributed by atoms with Crippen molar-refractivity contribution in [3.05, 3.63) is 71.7 Å². The molecular weight excluding hydrogens is 331 g/mol. The van der Waals surface area contributed by atoms with Crippen molar-refractivity contribution in [2.45, 2.75) is 39.0 Å². The van der Waals surface area contributed by atoms with Gasteiger partial charge in [-0.05, 0) is 43.2 Å². The quantitative estimate of drug-likeness (QED) is 0.711. The summed E-state index contributed by atoms with van der Waals surface area (Å²) >= 11 is 0. The van der Waals surface area contributed by atoms with E-state index in [1.165, 1.54) is 12.1 Å². The summed E-state index contributed by atoms with van der Waals surface area (Å²) in [5.74, 6) is -0.584. The van der Waals surface area contributed by atoms with Gasteiger partial charge in [-0.25, -0.2) is 4.39 Å². The number of hydrogen-bond acceptors (Lipinski definition) is 2. The molecule has 0 unspecified atom stereocenters. The van der Waals surface area contributed by atoms with Crippen molar-refractivity contribution in [1.82, 2.24) is 9.88 Å². The highest BCUT2D eigenvalue weighted by molar-refractivity contribution is 5.89. The van der Waals surface area contributed by atoms with Crippen molar-refractivity contribution in [2.24, 2.45) is 0 Å². The molecule has 4 nitrogen and oxygen atoms in total. The molecule has 3 rings (SSSR count). The van der Waals surface area contributed by atoms with Crippen molar-refractivity contribution in [2.75, 3.05) is 0 Å². The van der Waals surface area contributed by atoms with E-state index in [1.807, 2.05) is 30.5 Å². The zero-order chi connectivity index (χ0) is 18.7. The largest absolute Gasteiger partial charge is 0.386 e. The monoisotopic (exact) mass is 354 g/mol. The van der Waals surface area contributed by atoms with E-state index in [-0.39, 0.29) is 12.3 Å². The summed E-state index contributed by atoms with van der Waals surface area (Å²) in [6, 6.07) is 13.3. The van der Waals surface area contributed by atoms with Crippen LogP contribution in [0, 0.1) is 5.82 Å². The van der Waals surface area contributed by atoms with E-state index in [0.29, 0.717) is 5.56 Å². The summed E-state index contributed by atoms with van der Waals surface area (Å²) in [6.07, 6.45) is 1.26. The number of nitrogens with one attached hydrogen (secondary N) is 1. The van der Waals surface area contributed by atoms with Gasteiger partial charge in [0.2, 0.25) is 5.91 Å². The van der Waals surface area contributed by atoms with E-state index >= 15 is 0 Å². The van der Waals surface area contributed by atoms with Crippen LogP contribution in [-0.2, 0) is 17.8 Å². The van der Waals surface area contributed by atoms with Crippen molar-refractivity contribution in [1.29, 1.82) is 0 Å². The third-order valence-corrected chi connectivity index (χ3v) is 4.62. The van der Waals surface area contributed by atoms with Crippen molar-refractivity contribution >= 4 is 16.8 Å². The molecule has 1 amide bonds. The molecule has 1 heterocycles. The maximum Gasteiger partial charge on any atom is 0.224 e. The highest BCUT2D eigenvalue weighted by atomic mass is 19.1. The molecule has 2 atom stereocenters. The second-order valence-corrected chi connectivity index (χ2v) is 6.49. The topological polar surface area (TPSA) is 54.3 Å². The van der Waals surface area contributed by atoms with Crippen LogP contribution < -0.4 is 5.32 Å². The molecule has 0 aliphatic carbocycles. The summed E-state index contributed by atoms with van der Waals surface area (Å²) in [5, 5.41) is 14.2. The number of para-hydroxylation sites is 1. The normalized spacial score (nSPS) is 13.5. The summed E-state index contributed by atoms with van der Waals surface area (Å²) in [6.45, 7) is 4.60. The number of halogens is 1. The third-order valence-electron chi connectivity index (χ3n) is 4.62. The fraction of sp³-hybridized carbons (Fsp3) is 0.286. The lowest BCUT2D eigenvalue weighted by molar-refractivity contribution is -0.121. The molecule has 0 fully saturated rings. The molecule has 0 aliphatic heterocycles. The van der Waals surface area contributed by atoms with Crippen molar-refractivity contribution in [3.63, 3.8) is 0 Å². The number of carbonyl (C=O) groups is 1. The zero-order valence-corrected chi connectivity index (χ0v) is 14.9. The van der Waals surface area contributed by atoms with Gasteiger partial charge in [0.1, 0.15) is 5.82 Å². The van der Waals surface area contributed by atoms with E-state index < -0.39 is 18.0 Å². The van der Waals surface area contributed by atoms with Crippen LogP contribution >= 0.6 is 0 Å². The molecule has 26 heavy (non-hydrogen) atoms. The predicted molar refractivity (Wildman–Crippen MR) is 100 cm³/mol. The van der Waals surface area contributed by atoms with Gasteiger partial charge in [-0.3, -0.25) is 4.79 Å². The van der Waals surface area contributed by atoms with E-state index in [4.69, 9.17) is 0 Å². The Morgan fingerprint density at radius 2 is 2.00 bits per heavy atom. The molecule has 0 spiro atoms. The molecule has 0 saturated heterocycles. The highest BCUT2D eigenvalue weighted by Crippen LogP contribution is 2.22. The summed E-state index contributed by atoms with van der Waals surface area (Å²) in [4.78, 5) is 12.5. The predicted octanol–water partition coefficient (Wildman–Crippen LogP) is 3.58. The fourth-order valence-corrected chi connectivity index (χ4v) is 3.26. The number of amides is 1. The average molecular weight is 354 g/mol. The molecule has 5 heteroatoms. The Morgan fingerprint density at radius 1 is 1.23 bits per heavy atom. The fourth-order valence-electron chi connectivity index (χ4n) is 3.26. The number of aryl methyl sites for hydroxylation is 1. The number of aromatic nitrogens is 1. The molecule has 0 bridgehead atoms. The first-order chi connectivity index (χ1) is 12.5. The standard InChI is InChI=1S/C21H23FN2O2/c1-3-24-13-16(18-9-4-5-10-19(18)24)12-20(25)23-14(2)21(26)15-7-6-8-17(22)11-15/h4-11,13-14,21,26H,3,12H2,1-2H3,(H,23,25)/t14-,21+/m1/s1. The molecule has 3 aromatic rings. The number of aliphatic hydroxyl groups is 1. The first kappa shape index (κ1) is 18.1. The summed E-state index contributed by atoms with van der Waals surface area (Å²) in [5.41, 5.74) is 2.50. The Labute approximate surface area is 152 Å². The third kappa shape index (κ3) is 3.78. The molecule has 0 aliphatic rings. The van der Waals surface area contributed by atoms with Crippen LogP contribution in [0.5, 0.6) is 0 Å². The first-order valence-electron chi connectivity index (χ1n) is 8.79. The van der Waals surface area contributed by atoms with Crippen LogP contribution in [-0.4, -0.2) is 21.6 Å². The average Bonchev–Trinajstić information content (AvgIpc) is 2.98. The lowest BCUT2D eigenvalue weighted by Gasteiger charge is -2.20. The van der Waals surface area contributed by atoms with Gasteiger partial charge in [0, 0.05) is 23.6 Å². The van der Waals surface area contributed by atoms with Crippen LogP contribution in [0.2, 0.25) is 0 Å². The highest BCUT2D eigenvalue weighted by Gasteiger charge is 2.20. The van der Waals surface area contributed by atoms with Gasteiger partial charge in [-0.15, -0.1) is 0 Å². The Morgan fingerprint density at radius 3 is 2.73 bits per heavy atom. The second-order valence-electron chi connectivity index (χ2n) is 6.49. The minimum absolute atomic E-state index is 0.174. The number of benzene rings is 2. The number of hydrogen-bond donors (Lipinski definition) is 2. The van der Waals surface area contributed by atoms with Gasteiger partial charge in [0.15, 0.2) is 0 Å². The van der Waals surface area contributed by atoms with E-state index in [0.717, 1.165) is 23.0 Å². The summed E-state index contributed by atoms with van der Waals surface area (Å²) < 4.78 is 15.4. The Bertz CT molecular complexity index is 919. The lowest BCUT2D eigenvalue weighted by atomic mass is 10.0. The second kappa shape index (κ2) is 7.70. The Hall–Kier alpha value is -2.66. The number of carbonyl (C=O) groups excluding carboxylic acids is 1. The number of fused-ring (bicyclic) bond motifs is 1.